The van der Waals surface area contributed by atoms with Crippen LogP contribution < -0.4 is 5.32 Å². The Hall–Kier alpha value is -3.37. The number of amides is 1. The van der Waals surface area contributed by atoms with Crippen molar-refractivity contribution in [1.82, 2.24) is 4.98 Å². The maximum atomic E-state index is 12.3. The van der Waals surface area contributed by atoms with Crippen molar-refractivity contribution >= 4 is 45.4 Å². The zero-order valence-electron chi connectivity index (χ0n) is 13.3. The van der Waals surface area contributed by atoms with Gasteiger partial charge in [0.15, 0.2) is 5.13 Å². The number of carbonyl (C=O) groups is 1. The SMILES string of the molecule is O=C(Nc1nc(-c2ccc([N+](=O)[O-])cc2)cs1)c1cc([N+](=O)[O-])ccc1Cl. The van der Waals surface area contributed by atoms with Crippen molar-refractivity contribution < 1.29 is 14.6 Å². The Balaban J connectivity index is 1.79. The third-order valence-corrected chi connectivity index (χ3v) is 4.59. The first-order valence-corrected chi connectivity index (χ1v) is 8.56. The number of nitro groups is 2. The second kappa shape index (κ2) is 7.48. The molecule has 27 heavy (non-hydrogen) atoms. The van der Waals surface area contributed by atoms with Crippen molar-refractivity contribution in [2.24, 2.45) is 0 Å². The minimum absolute atomic E-state index is 0.0391. The molecule has 11 heteroatoms. The molecule has 0 unspecified atom stereocenters. The Morgan fingerprint density at radius 3 is 2.30 bits per heavy atom. The summed E-state index contributed by atoms with van der Waals surface area (Å²) in [4.78, 5) is 37.0. The van der Waals surface area contributed by atoms with Crippen molar-refractivity contribution in [1.29, 1.82) is 0 Å². The van der Waals surface area contributed by atoms with Crippen LogP contribution >= 0.6 is 22.9 Å². The first-order valence-electron chi connectivity index (χ1n) is 7.31. The van der Waals surface area contributed by atoms with E-state index in [1.54, 1.807) is 17.5 Å². The molecule has 1 aromatic heterocycles. The van der Waals surface area contributed by atoms with E-state index >= 15 is 0 Å². The van der Waals surface area contributed by atoms with Gasteiger partial charge in [-0.15, -0.1) is 11.3 Å². The molecule has 0 saturated heterocycles. The average molecular weight is 405 g/mol. The summed E-state index contributed by atoms with van der Waals surface area (Å²) in [6.07, 6.45) is 0. The molecule has 9 nitrogen and oxygen atoms in total. The van der Waals surface area contributed by atoms with Crippen LogP contribution in [0, 0.1) is 20.2 Å². The van der Waals surface area contributed by atoms with Gasteiger partial charge in [-0.3, -0.25) is 30.3 Å². The molecule has 1 heterocycles. The van der Waals surface area contributed by atoms with Gasteiger partial charge in [-0.2, -0.15) is 0 Å². The maximum Gasteiger partial charge on any atom is 0.270 e. The Morgan fingerprint density at radius 1 is 1.04 bits per heavy atom. The van der Waals surface area contributed by atoms with Crippen LogP contribution in [0.2, 0.25) is 5.02 Å². The Bertz CT molecular complexity index is 1050. The van der Waals surface area contributed by atoms with E-state index in [1.807, 2.05) is 0 Å². The predicted molar refractivity (Wildman–Crippen MR) is 100 cm³/mol. The van der Waals surface area contributed by atoms with E-state index in [-0.39, 0.29) is 27.1 Å². The second-order valence-corrected chi connectivity index (χ2v) is 6.48. The molecular formula is C16H9ClN4O5S. The molecule has 3 rings (SSSR count). The topological polar surface area (TPSA) is 128 Å². The molecule has 136 valence electrons. The number of non-ortho nitro benzene ring substituents is 2. The summed E-state index contributed by atoms with van der Waals surface area (Å²) in [7, 11) is 0. The van der Waals surface area contributed by atoms with E-state index in [0.29, 0.717) is 11.3 Å². The van der Waals surface area contributed by atoms with Crippen molar-refractivity contribution in [2.45, 2.75) is 0 Å². The lowest BCUT2D eigenvalue weighted by Gasteiger charge is -2.04. The van der Waals surface area contributed by atoms with E-state index < -0.39 is 15.8 Å². The lowest BCUT2D eigenvalue weighted by molar-refractivity contribution is -0.385. The van der Waals surface area contributed by atoms with Crippen molar-refractivity contribution in [3.63, 3.8) is 0 Å². The maximum absolute atomic E-state index is 12.3. The number of thiazole rings is 1. The van der Waals surface area contributed by atoms with Gasteiger partial charge < -0.3 is 0 Å². The summed E-state index contributed by atoms with van der Waals surface area (Å²) in [6, 6.07) is 9.38. The fourth-order valence-corrected chi connectivity index (χ4v) is 3.10. The molecule has 0 saturated carbocycles. The van der Waals surface area contributed by atoms with E-state index in [9.17, 15) is 25.0 Å². The van der Waals surface area contributed by atoms with Crippen LogP contribution in [0.4, 0.5) is 16.5 Å². The monoisotopic (exact) mass is 404 g/mol. The van der Waals surface area contributed by atoms with E-state index in [1.165, 1.54) is 24.3 Å². The van der Waals surface area contributed by atoms with Gasteiger partial charge in [-0.25, -0.2) is 4.98 Å². The first kappa shape index (κ1) is 18.4. The lowest BCUT2D eigenvalue weighted by atomic mass is 10.1. The number of halogens is 1. The van der Waals surface area contributed by atoms with Gasteiger partial charge >= 0.3 is 0 Å². The molecule has 1 N–H and O–H groups in total. The molecule has 3 aromatic rings. The summed E-state index contributed by atoms with van der Waals surface area (Å²) in [6.45, 7) is 0. The van der Waals surface area contributed by atoms with Crippen molar-refractivity contribution in [3.05, 3.63) is 78.7 Å². The van der Waals surface area contributed by atoms with Crippen LogP contribution in [0.15, 0.2) is 47.8 Å². The number of anilines is 1. The highest BCUT2D eigenvalue weighted by atomic mass is 35.5. The number of hydrogen-bond acceptors (Lipinski definition) is 7. The summed E-state index contributed by atoms with van der Waals surface area (Å²) in [5, 5.41) is 26.1. The van der Waals surface area contributed by atoms with E-state index in [0.717, 1.165) is 17.4 Å². The molecule has 0 atom stereocenters. The minimum Gasteiger partial charge on any atom is -0.298 e. The molecule has 1 amide bonds. The molecular weight excluding hydrogens is 396 g/mol. The smallest absolute Gasteiger partial charge is 0.270 e. The molecule has 2 aromatic carbocycles. The van der Waals surface area contributed by atoms with Crippen LogP contribution in [-0.2, 0) is 0 Å². The highest BCUT2D eigenvalue weighted by Crippen LogP contribution is 2.28. The number of carbonyl (C=O) groups excluding carboxylic acids is 1. The largest absolute Gasteiger partial charge is 0.298 e. The van der Waals surface area contributed by atoms with Gasteiger partial charge in [0.25, 0.3) is 17.3 Å². The minimum atomic E-state index is -0.631. The Morgan fingerprint density at radius 2 is 1.67 bits per heavy atom. The Labute approximate surface area is 160 Å². The Kier molecular flexibility index (Phi) is 5.10. The van der Waals surface area contributed by atoms with Crippen LogP contribution in [0.25, 0.3) is 11.3 Å². The summed E-state index contributed by atoms with van der Waals surface area (Å²) in [5.74, 6) is -0.631. The second-order valence-electron chi connectivity index (χ2n) is 5.22. The number of nitro benzene ring substituents is 2. The summed E-state index contributed by atoms with van der Waals surface area (Å²) >= 11 is 7.09. The number of hydrogen-bond donors (Lipinski definition) is 1. The number of rotatable bonds is 5. The van der Waals surface area contributed by atoms with Gasteiger partial charge in [0.1, 0.15) is 0 Å². The third-order valence-electron chi connectivity index (χ3n) is 3.50. The van der Waals surface area contributed by atoms with Gasteiger partial charge in [-0.05, 0) is 18.2 Å². The fraction of sp³-hybridized carbons (Fsp3) is 0. The molecule has 0 radical (unpaired) electrons. The van der Waals surface area contributed by atoms with Gasteiger partial charge in [0.2, 0.25) is 0 Å². The van der Waals surface area contributed by atoms with E-state index in [4.69, 9.17) is 11.6 Å². The van der Waals surface area contributed by atoms with E-state index in [2.05, 4.69) is 10.3 Å². The van der Waals surface area contributed by atoms with Gasteiger partial charge in [0.05, 0.1) is 26.1 Å². The molecule has 0 aliphatic carbocycles. The van der Waals surface area contributed by atoms with Gasteiger partial charge in [-0.1, -0.05) is 11.6 Å². The van der Waals surface area contributed by atoms with Crippen LogP contribution in [0.3, 0.4) is 0 Å². The van der Waals surface area contributed by atoms with Crippen LogP contribution in [-0.4, -0.2) is 20.7 Å². The standard InChI is InChI=1S/C16H9ClN4O5S/c17-13-6-5-11(21(25)26)7-12(13)15(22)19-16-18-14(8-27-16)9-1-3-10(4-2-9)20(23)24/h1-8H,(H,18,19,22). The zero-order valence-corrected chi connectivity index (χ0v) is 14.9. The average Bonchev–Trinajstić information content (AvgIpc) is 3.10. The molecule has 0 aliphatic rings. The zero-order chi connectivity index (χ0) is 19.6. The van der Waals surface area contributed by atoms with Crippen LogP contribution in [0.1, 0.15) is 10.4 Å². The fourth-order valence-electron chi connectivity index (χ4n) is 2.18. The number of nitrogens with one attached hydrogen (secondary N) is 1. The first-order chi connectivity index (χ1) is 12.8. The highest BCUT2D eigenvalue weighted by Gasteiger charge is 2.17. The van der Waals surface area contributed by atoms with Crippen LogP contribution in [0.5, 0.6) is 0 Å². The van der Waals surface area contributed by atoms with Gasteiger partial charge in [0, 0.05) is 35.2 Å². The quantitative estimate of drug-likeness (QED) is 0.491. The normalized spacial score (nSPS) is 10.4. The number of nitrogens with zero attached hydrogens (tertiary/aromatic N) is 3. The number of aromatic nitrogens is 1. The molecule has 0 spiro atoms. The predicted octanol–water partition coefficient (Wildman–Crippen LogP) is 4.53. The molecule has 0 fully saturated rings. The van der Waals surface area contributed by atoms with Crippen molar-refractivity contribution in [2.75, 3.05) is 5.32 Å². The van der Waals surface area contributed by atoms with Crippen molar-refractivity contribution in [3.8, 4) is 11.3 Å². The summed E-state index contributed by atoms with van der Waals surface area (Å²) in [5.41, 5.74) is 0.831. The number of benzene rings is 2. The molecule has 0 aliphatic heterocycles. The third kappa shape index (κ3) is 4.07. The molecule has 0 bridgehead atoms. The summed E-state index contributed by atoms with van der Waals surface area (Å²) < 4.78 is 0. The lowest BCUT2D eigenvalue weighted by Crippen LogP contribution is -2.12. The highest BCUT2D eigenvalue weighted by molar-refractivity contribution is 7.14.